The molecule has 0 radical (unpaired) electrons. The van der Waals surface area contributed by atoms with Gasteiger partial charge in [0, 0.05) is 4.75 Å². The van der Waals surface area contributed by atoms with Crippen LogP contribution in [0, 0.1) is 0 Å². The van der Waals surface area contributed by atoms with Gasteiger partial charge < -0.3 is 9.42 Å². The third kappa shape index (κ3) is 5.99. The minimum Gasteiger partial charge on any atom is -0.338 e. The Labute approximate surface area is 102 Å². The van der Waals surface area contributed by atoms with Gasteiger partial charge in [-0.2, -0.15) is 11.8 Å². The summed E-state index contributed by atoms with van der Waals surface area (Å²) in [6.45, 7) is 6.89. The molecule has 0 aliphatic rings. The van der Waals surface area contributed by atoms with Crippen LogP contribution in [0.5, 0.6) is 0 Å². The predicted molar refractivity (Wildman–Crippen MR) is 72.9 cm³/mol. The van der Waals surface area contributed by atoms with Crippen molar-refractivity contribution in [2.45, 2.75) is 38.4 Å². The van der Waals surface area contributed by atoms with Crippen LogP contribution in [0.3, 0.4) is 0 Å². The van der Waals surface area contributed by atoms with Gasteiger partial charge in [-0.3, -0.25) is 0 Å². The van der Waals surface area contributed by atoms with E-state index in [1.807, 2.05) is 11.8 Å². The van der Waals surface area contributed by atoms with Crippen molar-refractivity contribution in [3.8, 4) is 0 Å². The van der Waals surface area contributed by atoms with Crippen molar-refractivity contribution in [2.75, 3.05) is 12.4 Å². The summed E-state index contributed by atoms with van der Waals surface area (Å²) in [5.74, 6) is 1.05. The summed E-state index contributed by atoms with van der Waals surface area (Å²) >= 11 is 10.5. The number of hydrogen-bond acceptors (Lipinski definition) is 3. The lowest BCUT2D eigenvalue weighted by molar-refractivity contribution is 0.267. The Balaban J connectivity index is 4.28. The maximum absolute atomic E-state index is 9.30. The van der Waals surface area contributed by atoms with Crippen LogP contribution in [-0.4, -0.2) is 22.0 Å². The molecule has 0 aliphatic heterocycles. The van der Waals surface area contributed by atoms with Crippen LogP contribution in [0.25, 0.3) is 0 Å². The van der Waals surface area contributed by atoms with E-state index in [1.165, 1.54) is 0 Å². The van der Waals surface area contributed by atoms with Gasteiger partial charge in [-0.05, 0) is 30.4 Å². The van der Waals surface area contributed by atoms with E-state index in [0.717, 1.165) is 18.6 Å². The van der Waals surface area contributed by atoms with Gasteiger partial charge in [0.2, 0.25) is 5.69 Å². The molecule has 1 atom stereocenters. The summed E-state index contributed by atoms with van der Waals surface area (Å²) in [5.41, 5.74) is -2.80. The van der Waals surface area contributed by atoms with Gasteiger partial charge >= 0.3 is 0 Å². The van der Waals surface area contributed by atoms with Crippen molar-refractivity contribution in [1.82, 2.24) is 0 Å². The molecule has 0 aromatic rings. The Kier molecular flexibility index (Phi) is 7.38. The molecule has 0 aliphatic carbocycles. The molecule has 6 heteroatoms. The SMILES string of the molecule is CCSC(CC)(CC)COP(O)(=S)S. The van der Waals surface area contributed by atoms with E-state index in [4.69, 9.17) is 16.3 Å². The molecule has 86 valence electrons. The van der Waals surface area contributed by atoms with Crippen molar-refractivity contribution in [3.05, 3.63) is 0 Å². The first-order valence-electron chi connectivity index (χ1n) is 4.73. The van der Waals surface area contributed by atoms with Gasteiger partial charge in [0.15, 0.2) is 0 Å². The third-order valence-corrected chi connectivity index (χ3v) is 4.96. The Hall–Kier alpha value is 1.27. The number of thiol groups is 1. The third-order valence-electron chi connectivity index (χ3n) is 2.23. The second-order valence-electron chi connectivity index (χ2n) is 3.09. The number of rotatable bonds is 7. The molecular formula is C8H19O2PS3. The van der Waals surface area contributed by atoms with Gasteiger partial charge in [-0.25, -0.2) is 0 Å². The maximum atomic E-state index is 9.30. The molecule has 0 rings (SSSR count). The fourth-order valence-corrected chi connectivity index (χ4v) is 3.20. The first-order chi connectivity index (χ1) is 6.39. The van der Waals surface area contributed by atoms with E-state index >= 15 is 0 Å². The first kappa shape index (κ1) is 15.3. The summed E-state index contributed by atoms with van der Waals surface area (Å²) in [4.78, 5) is 9.30. The highest BCUT2D eigenvalue weighted by Crippen LogP contribution is 2.49. The van der Waals surface area contributed by atoms with Crippen LogP contribution in [0.4, 0.5) is 0 Å². The molecule has 0 fully saturated rings. The molecule has 14 heavy (non-hydrogen) atoms. The molecule has 0 saturated heterocycles. The zero-order valence-electron chi connectivity index (χ0n) is 8.89. The Bertz CT molecular complexity index is 201. The second kappa shape index (κ2) is 6.77. The van der Waals surface area contributed by atoms with E-state index in [1.54, 1.807) is 0 Å². The second-order valence-corrected chi connectivity index (χ2v) is 9.98. The molecule has 0 saturated carbocycles. The average Bonchev–Trinajstić information content (AvgIpc) is 2.11. The normalized spacial score (nSPS) is 16.6. The average molecular weight is 274 g/mol. The van der Waals surface area contributed by atoms with Gasteiger partial charge in [0.1, 0.15) is 0 Å². The van der Waals surface area contributed by atoms with E-state index in [9.17, 15) is 4.89 Å². The van der Waals surface area contributed by atoms with Gasteiger partial charge in [0.25, 0.3) is 0 Å². The van der Waals surface area contributed by atoms with E-state index in [-0.39, 0.29) is 4.75 Å². The fraction of sp³-hybridized carbons (Fsp3) is 1.00. The van der Waals surface area contributed by atoms with E-state index in [2.05, 4.69) is 33.0 Å². The van der Waals surface area contributed by atoms with Crippen LogP contribution >= 0.6 is 29.7 Å². The van der Waals surface area contributed by atoms with Crippen LogP contribution < -0.4 is 0 Å². The molecule has 0 spiro atoms. The van der Waals surface area contributed by atoms with Crippen LogP contribution in [0.15, 0.2) is 0 Å². The molecule has 1 unspecified atom stereocenters. The summed E-state index contributed by atoms with van der Waals surface area (Å²) in [5, 5.41) is 0. The fourth-order valence-electron chi connectivity index (χ4n) is 1.21. The first-order valence-corrected chi connectivity index (χ1v) is 9.54. The van der Waals surface area contributed by atoms with Gasteiger partial charge in [-0.1, -0.05) is 33.0 Å². The van der Waals surface area contributed by atoms with Gasteiger partial charge in [-0.15, -0.1) is 0 Å². The Morgan fingerprint density at radius 2 is 1.93 bits per heavy atom. The molecule has 2 nitrogen and oxygen atoms in total. The lowest BCUT2D eigenvalue weighted by Gasteiger charge is -2.31. The van der Waals surface area contributed by atoms with Crippen LogP contribution in [-0.2, 0) is 16.3 Å². The zero-order chi connectivity index (χ0) is 11.2. The van der Waals surface area contributed by atoms with Crippen molar-refractivity contribution >= 4 is 41.5 Å². The molecule has 0 bridgehead atoms. The summed E-state index contributed by atoms with van der Waals surface area (Å²) < 4.78 is 5.34. The maximum Gasteiger partial charge on any atom is 0.241 e. The summed E-state index contributed by atoms with van der Waals surface area (Å²) in [6.07, 6.45) is 2.04. The summed E-state index contributed by atoms with van der Waals surface area (Å²) in [6, 6.07) is 0. The van der Waals surface area contributed by atoms with Crippen molar-refractivity contribution < 1.29 is 9.42 Å². The minimum atomic E-state index is -2.80. The minimum absolute atomic E-state index is 0.0876. The van der Waals surface area contributed by atoms with Gasteiger partial charge in [0.05, 0.1) is 6.61 Å². The van der Waals surface area contributed by atoms with E-state index < -0.39 is 5.69 Å². The molecule has 0 heterocycles. The van der Waals surface area contributed by atoms with Crippen LogP contribution in [0.2, 0.25) is 0 Å². The molecule has 1 N–H and O–H groups in total. The van der Waals surface area contributed by atoms with E-state index in [0.29, 0.717) is 6.61 Å². The zero-order valence-corrected chi connectivity index (χ0v) is 12.3. The number of thioether (sulfide) groups is 1. The quantitative estimate of drug-likeness (QED) is 0.549. The van der Waals surface area contributed by atoms with Crippen molar-refractivity contribution in [3.63, 3.8) is 0 Å². The molecule has 0 amide bonds. The summed E-state index contributed by atoms with van der Waals surface area (Å²) in [7, 11) is 0. The lowest BCUT2D eigenvalue weighted by atomic mass is 10.0. The molecular weight excluding hydrogens is 255 g/mol. The van der Waals surface area contributed by atoms with Crippen molar-refractivity contribution in [2.24, 2.45) is 0 Å². The highest BCUT2D eigenvalue weighted by Gasteiger charge is 2.28. The molecule has 0 aromatic carbocycles. The monoisotopic (exact) mass is 274 g/mol. The Morgan fingerprint density at radius 3 is 2.21 bits per heavy atom. The highest BCUT2D eigenvalue weighted by atomic mass is 32.9. The lowest BCUT2D eigenvalue weighted by Crippen LogP contribution is -2.29. The highest BCUT2D eigenvalue weighted by molar-refractivity contribution is 8.59. The van der Waals surface area contributed by atoms with Crippen LogP contribution in [0.1, 0.15) is 33.6 Å². The standard InChI is InChI=1S/C8H19O2PS3/c1-4-8(5-2,14-6-3)7-10-11(9,12)13/h4-7H2,1-3H3,(H2,9,12,13). The molecule has 0 aromatic heterocycles. The smallest absolute Gasteiger partial charge is 0.241 e. The number of hydrogen-bond donors (Lipinski definition) is 2. The topological polar surface area (TPSA) is 29.5 Å². The Morgan fingerprint density at radius 1 is 1.43 bits per heavy atom. The van der Waals surface area contributed by atoms with Crippen molar-refractivity contribution in [1.29, 1.82) is 0 Å². The largest absolute Gasteiger partial charge is 0.338 e. The predicted octanol–water partition coefficient (Wildman–Crippen LogP) is 3.46.